The molecule has 0 aromatic rings. The lowest BCUT2D eigenvalue weighted by atomic mass is 9.94. The zero-order chi connectivity index (χ0) is 15.2. The Morgan fingerprint density at radius 3 is 1.33 bits per heavy atom. The molecule has 1 heteroatoms. The highest BCUT2D eigenvalue weighted by Gasteiger charge is 2.11. The van der Waals surface area contributed by atoms with Crippen molar-refractivity contribution in [3.63, 3.8) is 0 Å². The standard InChI is InChI=1S/C20H38O/c1-19-17-15-13-11-9-7-5-3-2-4-6-8-10-12-14-16-18-20(19)21/h19H,2-18H2,1H3. The van der Waals surface area contributed by atoms with Gasteiger partial charge in [-0.15, -0.1) is 0 Å². The van der Waals surface area contributed by atoms with Crippen molar-refractivity contribution in [2.75, 3.05) is 0 Å². The van der Waals surface area contributed by atoms with E-state index in [-0.39, 0.29) is 0 Å². The lowest BCUT2D eigenvalue weighted by Crippen LogP contribution is -2.10. The van der Waals surface area contributed by atoms with Crippen LogP contribution in [0.3, 0.4) is 0 Å². The van der Waals surface area contributed by atoms with Crippen LogP contribution in [0.25, 0.3) is 0 Å². The van der Waals surface area contributed by atoms with Gasteiger partial charge >= 0.3 is 0 Å². The van der Waals surface area contributed by atoms with Crippen LogP contribution in [0.1, 0.15) is 116 Å². The van der Waals surface area contributed by atoms with Gasteiger partial charge in [-0.25, -0.2) is 0 Å². The zero-order valence-corrected chi connectivity index (χ0v) is 14.5. The first-order valence-corrected chi connectivity index (χ1v) is 9.83. The molecule has 1 unspecified atom stereocenters. The van der Waals surface area contributed by atoms with Gasteiger partial charge in [0.1, 0.15) is 5.78 Å². The Balaban J connectivity index is 2.19. The fourth-order valence-electron chi connectivity index (χ4n) is 3.46. The van der Waals surface area contributed by atoms with Crippen molar-refractivity contribution >= 4 is 5.78 Å². The fraction of sp³-hybridized carbons (Fsp3) is 0.950. The van der Waals surface area contributed by atoms with Crippen molar-refractivity contribution in [1.29, 1.82) is 0 Å². The zero-order valence-electron chi connectivity index (χ0n) is 14.5. The molecule has 1 aliphatic carbocycles. The van der Waals surface area contributed by atoms with Crippen LogP contribution >= 0.6 is 0 Å². The first-order chi connectivity index (χ1) is 10.3. The smallest absolute Gasteiger partial charge is 0.135 e. The van der Waals surface area contributed by atoms with Gasteiger partial charge in [-0.3, -0.25) is 4.79 Å². The summed E-state index contributed by atoms with van der Waals surface area (Å²) in [6.07, 6.45) is 22.5. The van der Waals surface area contributed by atoms with Crippen molar-refractivity contribution in [3.8, 4) is 0 Å². The molecule has 1 nitrogen and oxygen atoms in total. The van der Waals surface area contributed by atoms with Gasteiger partial charge in [0.05, 0.1) is 0 Å². The third kappa shape index (κ3) is 11.0. The molecule has 0 amide bonds. The van der Waals surface area contributed by atoms with E-state index in [1.807, 2.05) is 0 Å². The summed E-state index contributed by atoms with van der Waals surface area (Å²) in [6.45, 7) is 2.14. The maximum absolute atomic E-state index is 12.1. The Morgan fingerprint density at radius 1 is 0.571 bits per heavy atom. The third-order valence-corrected chi connectivity index (χ3v) is 5.11. The van der Waals surface area contributed by atoms with Crippen molar-refractivity contribution < 1.29 is 4.79 Å². The van der Waals surface area contributed by atoms with E-state index in [1.165, 1.54) is 89.9 Å². The Hall–Kier alpha value is -0.330. The van der Waals surface area contributed by atoms with Crippen LogP contribution in [0.15, 0.2) is 0 Å². The van der Waals surface area contributed by atoms with E-state index >= 15 is 0 Å². The maximum Gasteiger partial charge on any atom is 0.135 e. The Kier molecular flexibility index (Phi) is 11.9. The second kappa shape index (κ2) is 13.3. The average molecular weight is 295 g/mol. The normalized spacial score (nSPS) is 26.5. The molecule has 1 saturated carbocycles. The van der Waals surface area contributed by atoms with E-state index < -0.39 is 0 Å². The molecule has 0 heterocycles. The summed E-state index contributed by atoms with van der Waals surface area (Å²) >= 11 is 0. The van der Waals surface area contributed by atoms with E-state index in [4.69, 9.17) is 0 Å². The number of rotatable bonds is 0. The van der Waals surface area contributed by atoms with E-state index in [0.717, 1.165) is 19.3 Å². The van der Waals surface area contributed by atoms with Gasteiger partial charge in [0.15, 0.2) is 0 Å². The Morgan fingerprint density at radius 2 is 0.905 bits per heavy atom. The molecular weight excluding hydrogens is 256 g/mol. The molecule has 1 fully saturated rings. The van der Waals surface area contributed by atoms with E-state index in [2.05, 4.69) is 6.92 Å². The second-order valence-corrected chi connectivity index (χ2v) is 7.21. The molecule has 1 atom stereocenters. The highest BCUT2D eigenvalue weighted by molar-refractivity contribution is 5.80. The molecule has 0 aromatic carbocycles. The summed E-state index contributed by atoms with van der Waals surface area (Å²) in [6, 6.07) is 0. The molecule has 1 rings (SSSR count). The molecule has 0 radical (unpaired) electrons. The molecule has 0 N–H and O–H groups in total. The second-order valence-electron chi connectivity index (χ2n) is 7.21. The highest BCUT2D eigenvalue weighted by atomic mass is 16.1. The van der Waals surface area contributed by atoms with Crippen molar-refractivity contribution in [1.82, 2.24) is 0 Å². The Labute approximate surface area is 133 Å². The molecule has 0 aliphatic heterocycles. The van der Waals surface area contributed by atoms with Gasteiger partial charge in [0.2, 0.25) is 0 Å². The summed E-state index contributed by atoms with van der Waals surface area (Å²) in [4.78, 5) is 12.1. The van der Waals surface area contributed by atoms with Crippen LogP contribution < -0.4 is 0 Å². The van der Waals surface area contributed by atoms with Crippen molar-refractivity contribution in [2.45, 2.75) is 116 Å². The minimum absolute atomic E-state index is 0.312. The quantitative estimate of drug-likeness (QED) is 0.478. The number of carbonyl (C=O) groups excluding carboxylic acids is 1. The van der Waals surface area contributed by atoms with Crippen LogP contribution in [-0.4, -0.2) is 5.78 Å². The molecule has 1 aliphatic rings. The van der Waals surface area contributed by atoms with Gasteiger partial charge < -0.3 is 0 Å². The number of hydrogen-bond acceptors (Lipinski definition) is 1. The molecule has 124 valence electrons. The molecule has 0 aromatic heterocycles. The summed E-state index contributed by atoms with van der Waals surface area (Å²) in [7, 11) is 0. The maximum atomic E-state index is 12.1. The van der Waals surface area contributed by atoms with Crippen LogP contribution in [-0.2, 0) is 4.79 Å². The minimum atomic E-state index is 0.312. The minimum Gasteiger partial charge on any atom is -0.299 e. The van der Waals surface area contributed by atoms with E-state index in [9.17, 15) is 4.79 Å². The Bertz CT molecular complexity index is 246. The molecular formula is C20H38O. The predicted octanol–water partition coefficient (Wildman–Crippen LogP) is 6.84. The lowest BCUT2D eigenvalue weighted by molar-refractivity contribution is -0.122. The van der Waals surface area contributed by atoms with Crippen LogP contribution in [0.4, 0.5) is 0 Å². The van der Waals surface area contributed by atoms with E-state index in [0.29, 0.717) is 11.7 Å². The largest absolute Gasteiger partial charge is 0.299 e. The molecule has 0 saturated heterocycles. The first kappa shape index (κ1) is 18.7. The predicted molar refractivity (Wildman–Crippen MR) is 92.7 cm³/mol. The lowest BCUT2D eigenvalue weighted by Gasteiger charge is -2.10. The molecule has 0 bridgehead atoms. The average Bonchev–Trinajstić information content (AvgIpc) is 2.49. The first-order valence-electron chi connectivity index (χ1n) is 9.83. The summed E-state index contributed by atoms with van der Waals surface area (Å²) in [5.41, 5.74) is 0. The number of carbonyl (C=O) groups is 1. The van der Waals surface area contributed by atoms with Crippen LogP contribution in [0.5, 0.6) is 0 Å². The number of ketones is 1. The van der Waals surface area contributed by atoms with Gasteiger partial charge in [0.25, 0.3) is 0 Å². The summed E-state index contributed by atoms with van der Waals surface area (Å²) in [5.74, 6) is 0.833. The topological polar surface area (TPSA) is 17.1 Å². The third-order valence-electron chi connectivity index (χ3n) is 5.11. The van der Waals surface area contributed by atoms with Crippen molar-refractivity contribution in [2.24, 2.45) is 5.92 Å². The summed E-state index contributed by atoms with van der Waals surface area (Å²) < 4.78 is 0. The molecule has 21 heavy (non-hydrogen) atoms. The van der Waals surface area contributed by atoms with Gasteiger partial charge in [-0.1, -0.05) is 96.8 Å². The van der Waals surface area contributed by atoms with Crippen LogP contribution in [0, 0.1) is 5.92 Å². The monoisotopic (exact) mass is 294 g/mol. The highest BCUT2D eigenvalue weighted by Crippen LogP contribution is 2.18. The molecule has 0 spiro atoms. The van der Waals surface area contributed by atoms with E-state index in [1.54, 1.807) is 0 Å². The SMILES string of the molecule is CC1CCCCCCCCCCCCCCCCCC1=O. The van der Waals surface area contributed by atoms with Gasteiger partial charge in [-0.2, -0.15) is 0 Å². The van der Waals surface area contributed by atoms with Crippen LogP contribution in [0.2, 0.25) is 0 Å². The fourth-order valence-corrected chi connectivity index (χ4v) is 3.46. The van der Waals surface area contributed by atoms with Gasteiger partial charge in [-0.05, 0) is 12.8 Å². The van der Waals surface area contributed by atoms with Crippen molar-refractivity contribution in [3.05, 3.63) is 0 Å². The number of Topliss-reactive ketones (excluding diaryl/α,β-unsaturated/α-hetero) is 1. The summed E-state index contributed by atoms with van der Waals surface area (Å²) in [5, 5.41) is 0. The van der Waals surface area contributed by atoms with Gasteiger partial charge in [0, 0.05) is 12.3 Å². The number of hydrogen-bond donors (Lipinski definition) is 0.